The molecule has 0 N–H and O–H groups in total. The van der Waals surface area contributed by atoms with E-state index in [4.69, 9.17) is 4.42 Å². The summed E-state index contributed by atoms with van der Waals surface area (Å²) in [7, 11) is 0. The fourth-order valence-electron chi connectivity index (χ4n) is 2.76. The molecule has 0 amide bonds. The molecule has 4 rings (SSSR count). The van der Waals surface area contributed by atoms with Gasteiger partial charge in [0, 0.05) is 5.56 Å². The van der Waals surface area contributed by atoms with Crippen LogP contribution in [0.2, 0.25) is 0 Å². The molecule has 142 valence electrons. The predicted molar refractivity (Wildman–Crippen MR) is 115 cm³/mol. The molecule has 0 saturated carbocycles. The van der Waals surface area contributed by atoms with Crippen LogP contribution in [-0.4, -0.2) is 26.3 Å². The van der Waals surface area contributed by atoms with Gasteiger partial charge in [-0.15, -0.1) is 21.5 Å². The number of rotatable bonds is 7. The van der Waals surface area contributed by atoms with Crippen LogP contribution in [0.4, 0.5) is 0 Å². The molecule has 0 atom stereocenters. The molecule has 5 nitrogen and oxygen atoms in total. The van der Waals surface area contributed by atoms with Crippen LogP contribution in [0.5, 0.6) is 0 Å². The summed E-state index contributed by atoms with van der Waals surface area (Å²) in [4.78, 5) is 13.2. The molecule has 0 unspecified atom stereocenters. The van der Waals surface area contributed by atoms with Crippen molar-refractivity contribution in [2.45, 2.75) is 18.6 Å². The van der Waals surface area contributed by atoms with Gasteiger partial charge in [0.2, 0.25) is 0 Å². The van der Waals surface area contributed by atoms with Gasteiger partial charge in [-0.1, -0.05) is 35.5 Å². The van der Waals surface area contributed by atoms with E-state index in [1.807, 2.05) is 54.0 Å². The van der Waals surface area contributed by atoms with Crippen LogP contribution in [0.25, 0.3) is 11.4 Å². The second kappa shape index (κ2) is 8.46. The van der Waals surface area contributed by atoms with Gasteiger partial charge in [0.05, 0.1) is 27.2 Å². The minimum Gasteiger partial charge on any atom is -0.467 e. The molecule has 0 aliphatic rings. The minimum atomic E-state index is 0.0744. The van der Waals surface area contributed by atoms with Crippen LogP contribution in [0.3, 0.4) is 0 Å². The Balaban J connectivity index is 1.62. The predicted octanol–water partition coefficient (Wildman–Crippen LogP) is 5.69. The highest BCUT2D eigenvalue weighted by Gasteiger charge is 2.18. The number of nitrogens with zero attached hydrogens (tertiary/aromatic N) is 3. The summed E-state index contributed by atoms with van der Waals surface area (Å²) in [5.41, 5.74) is 2.14. The molecule has 3 heterocycles. The van der Waals surface area contributed by atoms with Crippen molar-refractivity contribution in [1.82, 2.24) is 14.8 Å². The number of thiophene rings is 1. The van der Waals surface area contributed by atoms with Crippen LogP contribution in [0.1, 0.15) is 21.0 Å². The molecule has 3 aromatic heterocycles. The molecule has 0 radical (unpaired) electrons. The van der Waals surface area contributed by atoms with Crippen molar-refractivity contribution in [1.29, 1.82) is 0 Å². The Hall–Kier alpha value is -2.16. The largest absolute Gasteiger partial charge is 0.467 e. The van der Waals surface area contributed by atoms with Crippen molar-refractivity contribution in [2.24, 2.45) is 0 Å². The number of carbonyl (C=O) groups excluding carboxylic acids is 1. The van der Waals surface area contributed by atoms with E-state index in [-0.39, 0.29) is 5.78 Å². The number of furan rings is 1. The Labute approximate surface area is 178 Å². The fraction of sp³-hybridized carbons (Fsp3) is 0.150. The molecular weight excluding hydrogens is 458 g/mol. The van der Waals surface area contributed by atoms with E-state index in [0.717, 1.165) is 31.4 Å². The topological polar surface area (TPSA) is 60.9 Å². The van der Waals surface area contributed by atoms with Gasteiger partial charge < -0.3 is 4.42 Å². The molecule has 0 fully saturated rings. The van der Waals surface area contributed by atoms with Crippen LogP contribution < -0.4 is 0 Å². The zero-order valence-corrected chi connectivity index (χ0v) is 18.2. The van der Waals surface area contributed by atoms with Crippen molar-refractivity contribution in [3.8, 4) is 11.4 Å². The maximum atomic E-state index is 12.5. The minimum absolute atomic E-state index is 0.0744. The van der Waals surface area contributed by atoms with Crippen LogP contribution >= 0.6 is 39.0 Å². The average molecular weight is 474 g/mol. The maximum Gasteiger partial charge on any atom is 0.192 e. The monoisotopic (exact) mass is 473 g/mol. The van der Waals surface area contributed by atoms with Crippen LogP contribution in [0.15, 0.2) is 68.2 Å². The average Bonchev–Trinajstić information content (AvgIpc) is 3.42. The maximum absolute atomic E-state index is 12.5. The Morgan fingerprint density at radius 3 is 2.82 bits per heavy atom. The first-order chi connectivity index (χ1) is 13.6. The number of benzene rings is 1. The number of hydrogen-bond donors (Lipinski definition) is 0. The highest BCUT2D eigenvalue weighted by atomic mass is 79.9. The molecule has 8 heteroatoms. The van der Waals surface area contributed by atoms with Crippen molar-refractivity contribution >= 4 is 44.8 Å². The molecule has 1 aromatic carbocycles. The van der Waals surface area contributed by atoms with Crippen molar-refractivity contribution < 1.29 is 9.21 Å². The van der Waals surface area contributed by atoms with Crippen molar-refractivity contribution in [3.05, 3.63) is 74.8 Å². The second-order valence-corrected chi connectivity index (χ2v) is 9.56. The molecule has 0 aliphatic carbocycles. The first-order valence-electron chi connectivity index (χ1n) is 8.54. The summed E-state index contributed by atoms with van der Waals surface area (Å²) < 4.78 is 8.46. The third kappa shape index (κ3) is 4.29. The van der Waals surface area contributed by atoms with Gasteiger partial charge in [-0.2, -0.15) is 0 Å². The zero-order valence-electron chi connectivity index (χ0n) is 15.0. The molecule has 0 bridgehead atoms. The fourth-order valence-corrected chi connectivity index (χ4v) is 5.00. The highest BCUT2D eigenvalue weighted by molar-refractivity contribution is 9.11. The normalized spacial score (nSPS) is 11.1. The first-order valence-corrected chi connectivity index (χ1v) is 11.1. The zero-order chi connectivity index (χ0) is 19.5. The molecular formula is C20H16BrN3O2S2. The van der Waals surface area contributed by atoms with Crippen molar-refractivity contribution in [3.63, 3.8) is 0 Å². The van der Waals surface area contributed by atoms with E-state index in [1.165, 1.54) is 23.1 Å². The van der Waals surface area contributed by atoms with E-state index in [1.54, 1.807) is 6.26 Å². The van der Waals surface area contributed by atoms with E-state index >= 15 is 0 Å². The number of thioether (sulfide) groups is 1. The van der Waals surface area contributed by atoms with Crippen LogP contribution in [0, 0.1) is 6.92 Å². The van der Waals surface area contributed by atoms with Gasteiger partial charge in [-0.25, -0.2) is 0 Å². The molecule has 0 aliphatic heterocycles. The summed E-state index contributed by atoms with van der Waals surface area (Å²) in [5, 5.41) is 9.44. The number of ketones is 1. The van der Waals surface area contributed by atoms with Gasteiger partial charge in [0.15, 0.2) is 16.8 Å². The number of carbonyl (C=O) groups is 1. The van der Waals surface area contributed by atoms with E-state index in [9.17, 15) is 4.79 Å². The smallest absolute Gasteiger partial charge is 0.192 e. The summed E-state index contributed by atoms with van der Waals surface area (Å²) in [6, 6.07) is 15.6. The quantitative estimate of drug-likeness (QED) is 0.254. The molecule has 0 spiro atoms. The van der Waals surface area contributed by atoms with E-state index in [2.05, 4.69) is 32.2 Å². The highest BCUT2D eigenvalue weighted by Crippen LogP contribution is 2.28. The lowest BCUT2D eigenvalue weighted by Gasteiger charge is -2.09. The van der Waals surface area contributed by atoms with Gasteiger partial charge >= 0.3 is 0 Å². The molecule has 0 saturated heterocycles. The van der Waals surface area contributed by atoms with Gasteiger partial charge in [-0.05, 0) is 53.2 Å². The summed E-state index contributed by atoms with van der Waals surface area (Å²) >= 11 is 6.23. The molecule has 28 heavy (non-hydrogen) atoms. The summed E-state index contributed by atoms with van der Waals surface area (Å²) in [6.45, 7) is 2.55. The Morgan fingerprint density at radius 1 is 1.21 bits per heavy atom. The third-order valence-corrected chi connectivity index (χ3v) is 6.70. The van der Waals surface area contributed by atoms with E-state index in [0.29, 0.717) is 17.5 Å². The van der Waals surface area contributed by atoms with Gasteiger partial charge in [-0.3, -0.25) is 9.36 Å². The number of halogens is 1. The number of Topliss-reactive ketones (excluding diaryl/α,β-unsaturated/α-hetero) is 1. The SMILES string of the molecule is Cc1cccc(-c2nnc(SCC(=O)c3ccc(Br)s3)n2Cc2ccco2)c1. The number of hydrogen-bond acceptors (Lipinski definition) is 6. The lowest BCUT2D eigenvalue weighted by atomic mass is 10.1. The van der Waals surface area contributed by atoms with Crippen LogP contribution in [-0.2, 0) is 6.54 Å². The van der Waals surface area contributed by atoms with Gasteiger partial charge in [0.25, 0.3) is 0 Å². The second-order valence-electron chi connectivity index (χ2n) is 6.16. The number of aromatic nitrogens is 3. The van der Waals surface area contributed by atoms with Gasteiger partial charge in [0.1, 0.15) is 5.76 Å². The third-order valence-electron chi connectivity index (χ3n) is 4.07. The number of aryl methyl sites for hydroxylation is 1. The Bertz CT molecular complexity index is 1100. The van der Waals surface area contributed by atoms with E-state index < -0.39 is 0 Å². The Morgan fingerprint density at radius 2 is 2.11 bits per heavy atom. The first kappa shape index (κ1) is 19.2. The van der Waals surface area contributed by atoms with Crippen molar-refractivity contribution in [2.75, 3.05) is 5.75 Å². The molecule has 4 aromatic rings. The summed E-state index contributed by atoms with van der Waals surface area (Å²) in [5.74, 6) is 1.94. The lowest BCUT2D eigenvalue weighted by Crippen LogP contribution is -2.06. The summed E-state index contributed by atoms with van der Waals surface area (Å²) in [6.07, 6.45) is 1.65. The standard InChI is InChI=1S/C20H16BrN3O2S2/c1-13-4-2-5-14(10-13)19-22-23-20(24(19)11-15-6-3-9-26-15)27-12-16(25)17-7-8-18(21)28-17/h2-10H,11-12H2,1H3. The Kier molecular flexibility index (Phi) is 5.79. The lowest BCUT2D eigenvalue weighted by molar-refractivity contribution is 0.102.